The van der Waals surface area contributed by atoms with Crippen LogP contribution in [0.2, 0.25) is 0 Å². The topological polar surface area (TPSA) is 53.0 Å². The Balaban J connectivity index is 2.34. The summed E-state index contributed by atoms with van der Waals surface area (Å²) >= 11 is 0. The molecule has 0 atom stereocenters. The molecule has 0 aromatic heterocycles. The average Bonchev–Trinajstić information content (AvgIpc) is 2.38. The van der Waals surface area contributed by atoms with E-state index in [1.54, 1.807) is 6.07 Å². The number of anilines is 3. The van der Waals surface area contributed by atoms with Crippen LogP contribution in [0.3, 0.4) is 0 Å². The van der Waals surface area contributed by atoms with E-state index < -0.39 is 0 Å². The van der Waals surface area contributed by atoms with E-state index in [1.165, 1.54) is 5.56 Å². The molecule has 0 unspecified atom stereocenters. The van der Waals surface area contributed by atoms with Gasteiger partial charge in [-0.05, 0) is 37.3 Å². The van der Waals surface area contributed by atoms with E-state index >= 15 is 0 Å². The molecule has 0 heterocycles. The third-order valence-electron chi connectivity index (χ3n) is 2.96. The van der Waals surface area contributed by atoms with E-state index in [2.05, 4.69) is 37.3 Å². The molecular formula is C15H15N3. The number of hydrogen-bond donors (Lipinski definition) is 1. The maximum Gasteiger partial charge on any atom is 0.101 e. The highest BCUT2D eigenvalue weighted by Gasteiger charge is 2.06. The third-order valence-corrected chi connectivity index (χ3v) is 2.96. The molecule has 0 fully saturated rings. The fraction of sp³-hybridized carbons (Fsp3) is 0.133. The molecule has 0 aliphatic rings. The molecule has 3 nitrogen and oxygen atoms in total. The van der Waals surface area contributed by atoms with E-state index in [1.807, 2.05) is 24.1 Å². The summed E-state index contributed by atoms with van der Waals surface area (Å²) in [5, 5.41) is 8.85. The molecule has 0 spiro atoms. The smallest absolute Gasteiger partial charge is 0.101 e. The van der Waals surface area contributed by atoms with Gasteiger partial charge in [-0.2, -0.15) is 5.26 Å². The first kappa shape index (κ1) is 12.0. The molecule has 0 radical (unpaired) electrons. The van der Waals surface area contributed by atoms with Crippen molar-refractivity contribution in [2.24, 2.45) is 0 Å². The first-order valence-corrected chi connectivity index (χ1v) is 5.72. The van der Waals surface area contributed by atoms with E-state index in [0.717, 1.165) is 11.4 Å². The van der Waals surface area contributed by atoms with Crippen molar-refractivity contribution >= 4 is 17.1 Å². The van der Waals surface area contributed by atoms with Gasteiger partial charge in [0.15, 0.2) is 0 Å². The van der Waals surface area contributed by atoms with Crippen LogP contribution >= 0.6 is 0 Å². The van der Waals surface area contributed by atoms with Crippen molar-refractivity contribution < 1.29 is 0 Å². The second-order valence-electron chi connectivity index (χ2n) is 4.28. The van der Waals surface area contributed by atoms with Gasteiger partial charge in [0.25, 0.3) is 0 Å². The third kappa shape index (κ3) is 2.28. The van der Waals surface area contributed by atoms with Crippen LogP contribution in [0.1, 0.15) is 11.1 Å². The van der Waals surface area contributed by atoms with Crippen molar-refractivity contribution in [1.82, 2.24) is 0 Å². The lowest BCUT2D eigenvalue weighted by atomic mass is 10.1. The highest BCUT2D eigenvalue weighted by molar-refractivity contribution is 5.69. The first-order valence-electron chi connectivity index (χ1n) is 5.72. The van der Waals surface area contributed by atoms with Crippen LogP contribution in [0.4, 0.5) is 17.1 Å². The zero-order chi connectivity index (χ0) is 13.1. The van der Waals surface area contributed by atoms with Crippen LogP contribution in [0.15, 0.2) is 42.5 Å². The SMILES string of the molecule is Cc1ccc(N(C)c2ccc(C#N)c(N)c2)cc1. The maximum atomic E-state index is 8.85. The Morgan fingerprint density at radius 3 is 2.22 bits per heavy atom. The number of hydrogen-bond acceptors (Lipinski definition) is 3. The molecule has 0 bridgehead atoms. The van der Waals surface area contributed by atoms with Gasteiger partial charge in [-0.25, -0.2) is 0 Å². The number of nitrogen functional groups attached to an aromatic ring is 1. The van der Waals surface area contributed by atoms with Crippen molar-refractivity contribution in [3.05, 3.63) is 53.6 Å². The molecule has 2 N–H and O–H groups in total. The fourth-order valence-corrected chi connectivity index (χ4v) is 1.78. The van der Waals surface area contributed by atoms with Crippen molar-refractivity contribution in [2.45, 2.75) is 6.92 Å². The minimum atomic E-state index is 0.508. The van der Waals surface area contributed by atoms with E-state index in [9.17, 15) is 0 Å². The Hall–Kier alpha value is -2.47. The van der Waals surface area contributed by atoms with Gasteiger partial charge < -0.3 is 10.6 Å². The van der Waals surface area contributed by atoms with Crippen molar-refractivity contribution in [3.8, 4) is 6.07 Å². The average molecular weight is 237 g/mol. The minimum absolute atomic E-state index is 0.508. The van der Waals surface area contributed by atoms with Crippen molar-refractivity contribution in [1.29, 1.82) is 5.26 Å². The van der Waals surface area contributed by atoms with E-state index in [0.29, 0.717) is 11.3 Å². The maximum absolute atomic E-state index is 8.85. The van der Waals surface area contributed by atoms with Gasteiger partial charge in [0.1, 0.15) is 6.07 Å². The summed E-state index contributed by atoms with van der Waals surface area (Å²) in [5.41, 5.74) is 10.1. The lowest BCUT2D eigenvalue weighted by Gasteiger charge is -2.20. The molecule has 2 aromatic carbocycles. The standard InChI is InChI=1S/C15H15N3/c1-11-3-6-13(7-4-11)18(2)14-8-5-12(10-16)15(17)9-14/h3-9H,17H2,1-2H3. The van der Waals surface area contributed by atoms with Crippen LogP contribution < -0.4 is 10.6 Å². The highest BCUT2D eigenvalue weighted by atomic mass is 15.1. The van der Waals surface area contributed by atoms with Gasteiger partial charge in [-0.15, -0.1) is 0 Å². The minimum Gasteiger partial charge on any atom is -0.398 e. The molecule has 2 rings (SSSR count). The molecule has 0 amide bonds. The Bertz CT molecular complexity index is 594. The Labute approximate surface area is 107 Å². The Morgan fingerprint density at radius 2 is 1.67 bits per heavy atom. The molecule has 2 aromatic rings. The van der Waals surface area contributed by atoms with Gasteiger partial charge in [0.05, 0.1) is 11.3 Å². The predicted molar refractivity (Wildman–Crippen MR) is 74.8 cm³/mol. The lowest BCUT2D eigenvalue weighted by Crippen LogP contribution is -2.09. The second-order valence-corrected chi connectivity index (χ2v) is 4.28. The molecule has 3 heteroatoms. The molecule has 0 aliphatic carbocycles. The summed E-state index contributed by atoms with van der Waals surface area (Å²) in [4.78, 5) is 2.04. The monoisotopic (exact) mass is 237 g/mol. The zero-order valence-electron chi connectivity index (χ0n) is 10.5. The number of benzene rings is 2. The molecule has 18 heavy (non-hydrogen) atoms. The fourth-order valence-electron chi connectivity index (χ4n) is 1.78. The normalized spacial score (nSPS) is 9.83. The number of nitrogens with two attached hydrogens (primary N) is 1. The van der Waals surface area contributed by atoms with Crippen LogP contribution in [-0.2, 0) is 0 Å². The summed E-state index contributed by atoms with van der Waals surface area (Å²) < 4.78 is 0. The van der Waals surface area contributed by atoms with Crippen LogP contribution in [0, 0.1) is 18.3 Å². The zero-order valence-corrected chi connectivity index (χ0v) is 10.5. The van der Waals surface area contributed by atoms with Crippen molar-refractivity contribution in [3.63, 3.8) is 0 Å². The molecular weight excluding hydrogens is 222 g/mol. The van der Waals surface area contributed by atoms with Crippen LogP contribution in [-0.4, -0.2) is 7.05 Å². The highest BCUT2D eigenvalue weighted by Crippen LogP contribution is 2.26. The lowest BCUT2D eigenvalue weighted by molar-refractivity contribution is 1.20. The quantitative estimate of drug-likeness (QED) is 0.816. The summed E-state index contributed by atoms with van der Waals surface area (Å²) in [7, 11) is 1.98. The molecule has 0 saturated heterocycles. The molecule has 90 valence electrons. The number of aryl methyl sites for hydroxylation is 1. The first-order chi connectivity index (χ1) is 8.61. The van der Waals surface area contributed by atoms with Crippen LogP contribution in [0.5, 0.6) is 0 Å². The molecule has 0 saturated carbocycles. The summed E-state index contributed by atoms with van der Waals surface area (Å²) in [6, 6.07) is 15.8. The van der Waals surface area contributed by atoms with E-state index in [-0.39, 0.29) is 0 Å². The van der Waals surface area contributed by atoms with Crippen molar-refractivity contribution in [2.75, 3.05) is 17.7 Å². The number of nitrogens with zero attached hydrogens (tertiary/aromatic N) is 2. The van der Waals surface area contributed by atoms with Gasteiger partial charge >= 0.3 is 0 Å². The summed E-state index contributed by atoms with van der Waals surface area (Å²) in [5.74, 6) is 0. The Kier molecular flexibility index (Phi) is 3.20. The van der Waals surface area contributed by atoms with Gasteiger partial charge in [0, 0.05) is 18.4 Å². The molecule has 0 aliphatic heterocycles. The second kappa shape index (κ2) is 4.80. The number of rotatable bonds is 2. The number of nitriles is 1. The predicted octanol–water partition coefficient (Wildman–Crippen LogP) is 3.22. The largest absolute Gasteiger partial charge is 0.398 e. The van der Waals surface area contributed by atoms with Crippen LogP contribution in [0.25, 0.3) is 0 Å². The van der Waals surface area contributed by atoms with Gasteiger partial charge in [0.2, 0.25) is 0 Å². The van der Waals surface area contributed by atoms with Gasteiger partial charge in [-0.1, -0.05) is 17.7 Å². The summed E-state index contributed by atoms with van der Waals surface area (Å²) in [6.07, 6.45) is 0. The van der Waals surface area contributed by atoms with Gasteiger partial charge in [-0.3, -0.25) is 0 Å². The summed E-state index contributed by atoms with van der Waals surface area (Å²) in [6.45, 7) is 2.06. The Morgan fingerprint density at radius 1 is 1.06 bits per heavy atom. The van der Waals surface area contributed by atoms with E-state index in [4.69, 9.17) is 11.0 Å².